The second kappa shape index (κ2) is 8.88. The summed E-state index contributed by atoms with van der Waals surface area (Å²) >= 11 is 6.12. The lowest BCUT2D eigenvalue weighted by Crippen LogP contribution is -2.27. The molecule has 3 aromatic carbocycles. The minimum Gasteiger partial charge on any atom is -0.496 e. The summed E-state index contributed by atoms with van der Waals surface area (Å²) in [6, 6.07) is 17.5. The Hall–Kier alpha value is -3.58. The summed E-state index contributed by atoms with van der Waals surface area (Å²) in [5, 5.41) is 0.507. The number of hydrogen-bond donors (Lipinski definition) is 1. The number of hydroxylamine groups is 1. The zero-order valence-electron chi connectivity index (χ0n) is 17.4. The quantitative estimate of drug-likeness (QED) is 0.429. The zero-order valence-corrected chi connectivity index (χ0v) is 18.2. The van der Waals surface area contributed by atoms with Gasteiger partial charge in [-0.05, 0) is 65.6 Å². The zero-order chi connectivity index (χ0) is 22.7. The fraction of sp³-hybridized carbons (Fsp3) is 0.167. The van der Waals surface area contributed by atoms with Crippen LogP contribution >= 0.6 is 11.6 Å². The van der Waals surface area contributed by atoms with Gasteiger partial charge in [0.2, 0.25) is 0 Å². The molecule has 6 nitrogen and oxygen atoms in total. The fourth-order valence-corrected chi connectivity index (χ4v) is 3.99. The van der Waals surface area contributed by atoms with Gasteiger partial charge in [-0.15, -0.1) is 0 Å². The van der Waals surface area contributed by atoms with Crippen molar-refractivity contribution in [2.45, 2.75) is 12.5 Å². The first-order valence-corrected chi connectivity index (χ1v) is 10.1. The van der Waals surface area contributed by atoms with Crippen molar-refractivity contribution in [3.8, 4) is 16.9 Å². The lowest BCUT2D eigenvalue weighted by Gasteiger charge is -2.26. The number of ether oxygens (including phenoxy) is 2. The van der Waals surface area contributed by atoms with Crippen LogP contribution in [0.25, 0.3) is 11.1 Å². The highest BCUT2D eigenvalue weighted by Gasteiger charge is 2.41. The molecular weight excluding hydrogens is 435 g/mol. The van der Waals surface area contributed by atoms with Crippen molar-refractivity contribution in [1.29, 1.82) is 0 Å². The summed E-state index contributed by atoms with van der Waals surface area (Å²) < 4.78 is 25.9. The Kier molecular flexibility index (Phi) is 6.01. The predicted octanol–water partition coefficient (Wildman–Crippen LogP) is 4.77. The number of benzene rings is 3. The normalized spacial score (nSPS) is 17.3. The molecule has 8 heteroatoms. The summed E-state index contributed by atoms with van der Waals surface area (Å²) in [4.78, 5) is 19.9. The molecule has 1 N–H and O–H groups in total. The number of methoxy groups -OCH3 is 1. The lowest BCUT2D eigenvalue weighted by atomic mass is 9.82. The number of carbonyl (C=O) groups is 1. The molecule has 0 aliphatic carbocycles. The summed E-state index contributed by atoms with van der Waals surface area (Å²) in [5.74, 6) is 0.343. The highest BCUT2D eigenvalue weighted by atomic mass is 35.5. The van der Waals surface area contributed by atoms with Crippen LogP contribution in [0.3, 0.4) is 0 Å². The Morgan fingerprint density at radius 1 is 1.16 bits per heavy atom. The van der Waals surface area contributed by atoms with Crippen molar-refractivity contribution in [3.63, 3.8) is 0 Å². The Balaban J connectivity index is 1.88. The van der Waals surface area contributed by atoms with Gasteiger partial charge in [-0.3, -0.25) is 4.79 Å². The summed E-state index contributed by atoms with van der Waals surface area (Å²) in [6.07, 6.45) is 0. The van der Waals surface area contributed by atoms with Crippen LogP contribution in [-0.2, 0) is 19.9 Å². The van der Waals surface area contributed by atoms with Crippen LogP contribution in [0.1, 0.15) is 16.7 Å². The van der Waals surface area contributed by atoms with Gasteiger partial charge < -0.3 is 14.3 Å². The molecule has 0 radical (unpaired) electrons. The lowest BCUT2D eigenvalue weighted by molar-refractivity contribution is -0.132. The molecule has 3 aromatic rings. The van der Waals surface area contributed by atoms with Gasteiger partial charge in [0.1, 0.15) is 18.2 Å². The van der Waals surface area contributed by atoms with Crippen LogP contribution in [0.4, 0.5) is 4.39 Å². The molecule has 1 atom stereocenters. The average Bonchev–Trinajstić information content (AvgIpc) is 3.23. The Morgan fingerprint density at radius 2 is 1.94 bits per heavy atom. The maximum atomic E-state index is 14.8. The molecule has 164 valence electrons. The van der Waals surface area contributed by atoms with E-state index in [1.54, 1.807) is 43.5 Å². The first-order valence-electron chi connectivity index (χ1n) is 9.76. The number of nitrogens with zero attached hydrogens (tertiary/aromatic N) is 1. The number of hydrogen-bond acceptors (Lipinski definition) is 6. The number of amidine groups is 1. The van der Waals surface area contributed by atoms with E-state index in [1.807, 2.05) is 25.1 Å². The van der Waals surface area contributed by atoms with E-state index in [1.165, 1.54) is 6.07 Å². The molecule has 1 aliphatic heterocycles. The Labute approximate surface area is 189 Å². The van der Waals surface area contributed by atoms with Crippen molar-refractivity contribution < 1.29 is 23.5 Å². The standard InChI is InChI=1S/C24H20ClFN2O4/c1-15-10-17(7-9-22(15)30-2)24(13-31-23(27-24)28-32-14-29)18-6-8-21(26)20(12-18)16-4-3-5-19(25)11-16/h3-12,14H,13H2,1-2H3,(H,27,28). The van der Waals surface area contributed by atoms with Gasteiger partial charge in [-0.1, -0.05) is 35.9 Å². The highest BCUT2D eigenvalue weighted by molar-refractivity contribution is 6.30. The molecule has 0 saturated heterocycles. The summed E-state index contributed by atoms with van der Waals surface area (Å²) in [7, 11) is 1.60. The third-order valence-corrected chi connectivity index (χ3v) is 5.59. The van der Waals surface area contributed by atoms with Crippen molar-refractivity contribution >= 4 is 24.1 Å². The molecule has 0 spiro atoms. The highest BCUT2D eigenvalue weighted by Crippen LogP contribution is 2.41. The predicted molar refractivity (Wildman–Crippen MR) is 119 cm³/mol. The first kappa shape index (κ1) is 21.6. The minimum atomic E-state index is -1.01. The van der Waals surface area contributed by atoms with Gasteiger partial charge >= 0.3 is 12.5 Å². The van der Waals surface area contributed by atoms with Crippen LogP contribution in [0.2, 0.25) is 5.02 Å². The Bertz CT molecular complexity index is 1200. The molecule has 1 heterocycles. The number of nitrogens with one attached hydrogen (secondary N) is 1. The van der Waals surface area contributed by atoms with E-state index in [2.05, 4.69) is 15.3 Å². The van der Waals surface area contributed by atoms with Gasteiger partial charge in [-0.25, -0.2) is 9.38 Å². The number of aryl methyl sites for hydroxylation is 1. The molecule has 0 fully saturated rings. The minimum absolute atomic E-state index is 0.0409. The largest absolute Gasteiger partial charge is 0.496 e. The van der Waals surface area contributed by atoms with Gasteiger partial charge in [0.05, 0.1) is 7.11 Å². The average molecular weight is 455 g/mol. The second-order valence-electron chi connectivity index (χ2n) is 7.27. The van der Waals surface area contributed by atoms with Crippen LogP contribution in [0.5, 0.6) is 5.75 Å². The van der Waals surface area contributed by atoms with E-state index in [9.17, 15) is 9.18 Å². The molecule has 1 unspecified atom stereocenters. The van der Waals surface area contributed by atoms with E-state index >= 15 is 0 Å². The molecule has 0 aromatic heterocycles. The van der Waals surface area contributed by atoms with Crippen molar-refractivity contribution in [2.24, 2.45) is 4.99 Å². The molecular formula is C24H20ClFN2O4. The van der Waals surface area contributed by atoms with E-state index in [0.717, 1.165) is 16.9 Å². The summed E-state index contributed by atoms with van der Waals surface area (Å²) in [6.45, 7) is 2.27. The third-order valence-electron chi connectivity index (χ3n) is 5.36. The van der Waals surface area contributed by atoms with E-state index in [0.29, 0.717) is 21.7 Å². The smallest absolute Gasteiger partial charge is 0.320 e. The summed E-state index contributed by atoms with van der Waals surface area (Å²) in [5.41, 5.74) is 4.80. The molecule has 4 rings (SSSR count). The van der Waals surface area contributed by atoms with Gasteiger partial charge in [-0.2, -0.15) is 5.48 Å². The number of halogens is 2. The first-order chi connectivity index (χ1) is 15.5. The number of aliphatic imine (C=N–C) groups is 1. The number of rotatable bonds is 6. The molecule has 0 saturated carbocycles. The molecule has 0 bridgehead atoms. The monoisotopic (exact) mass is 454 g/mol. The third kappa shape index (κ3) is 3.99. The van der Waals surface area contributed by atoms with Crippen LogP contribution < -0.4 is 10.2 Å². The maximum absolute atomic E-state index is 14.8. The van der Waals surface area contributed by atoms with Crippen molar-refractivity contribution in [3.05, 3.63) is 88.2 Å². The van der Waals surface area contributed by atoms with Gasteiger partial charge in [0.15, 0.2) is 5.54 Å². The SMILES string of the molecule is COc1ccc(C2(c3ccc(F)c(-c4cccc(Cl)c4)c3)COC(NOC=O)=N2)cc1C. The van der Waals surface area contributed by atoms with Crippen molar-refractivity contribution in [1.82, 2.24) is 5.48 Å². The fourth-order valence-electron chi connectivity index (χ4n) is 3.80. The van der Waals surface area contributed by atoms with Crippen molar-refractivity contribution in [2.75, 3.05) is 13.7 Å². The second-order valence-corrected chi connectivity index (χ2v) is 7.71. The van der Waals surface area contributed by atoms with E-state index in [4.69, 9.17) is 21.1 Å². The molecule has 32 heavy (non-hydrogen) atoms. The van der Waals surface area contributed by atoms with E-state index < -0.39 is 5.54 Å². The molecule has 1 aliphatic rings. The molecule has 0 amide bonds. The van der Waals surface area contributed by atoms with Gasteiger partial charge in [0.25, 0.3) is 0 Å². The van der Waals surface area contributed by atoms with Gasteiger partial charge in [0, 0.05) is 10.6 Å². The maximum Gasteiger partial charge on any atom is 0.320 e. The van der Waals surface area contributed by atoms with Crippen LogP contribution in [-0.4, -0.2) is 26.2 Å². The topological polar surface area (TPSA) is 69.2 Å². The Morgan fingerprint density at radius 3 is 2.66 bits per heavy atom. The van der Waals surface area contributed by atoms with Crippen LogP contribution in [0, 0.1) is 12.7 Å². The van der Waals surface area contributed by atoms with E-state index in [-0.39, 0.29) is 24.9 Å². The number of carbonyl (C=O) groups excluding carboxylic acids is 1. The van der Waals surface area contributed by atoms with Crippen LogP contribution in [0.15, 0.2) is 65.7 Å².